The van der Waals surface area contributed by atoms with Crippen LogP contribution in [0.4, 0.5) is 5.69 Å². The Kier molecular flexibility index (Phi) is 3.99. The molecule has 1 unspecified atom stereocenters. The van der Waals surface area contributed by atoms with Crippen molar-refractivity contribution in [1.82, 2.24) is 4.57 Å². The van der Waals surface area contributed by atoms with Crippen LogP contribution in [-0.2, 0) is 23.0 Å². The first-order chi connectivity index (χ1) is 12.6. The summed E-state index contributed by atoms with van der Waals surface area (Å²) in [5, 5.41) is 0.826. The number of hydrogen-bond donors (Lipinski definition) is 0. The molecule has 132 valence electrons. The van der Waals surface area contributed by atoms with Gasteiger partial charge in [0.1, 0.15) is 0 Å². The first-order valence-electron chi connectivity index (χ1n) is 8.67. The second-order valence-electron chi connectivity index (χ2n) is 6.69. The summed E-state index contributed by atoms with van der Waals surface area (Å²) >= 11 is 0. The molecule has 26 heavy (non-hydrogen) atoms. The first-order valence-corrected chi connectivity index (χ1v) is 8.67. The number of esters is 1. The van der Waals surface area contributed by atoms with Crippen LogP contribution in [0.2, 0.25) is 0 Å². The van der Waals surface area contributed by atoms with Crippen LogP contribution in [0.5, 0.6) is 0 Å². The molecule has 0 aliphatic carbocycles. The highest BCUT2D eigenvalue weighted by Gasteiger charge is 2.31. The van der Waals surface area contributed by atoms with Crippen molar-refractivity contribution in [3.8, 4) is 0 Å². The van der Waals surface area contributed by atoms with E-state index < -0.39 is 5.97 Å². The zero-order valence-electron chi connectivity index (χ0n) is 14.8. The molecule has 0 spiro atoms. The van der Waals surface area contributed by atoms with Gasteiger partial charge in [-0.3, -0.25) is 4.79 Å². The number of benzene rings is 2. The first kappa shape index (κ1) is 16.4. The van der Waals surface area contributed by atoms with E-state index in [1.807, 2.05) is 67.1 Å². The Morgan fingerprint density at radius 1 is 1.12 bits per heavy atom. The van der Waals surface area contributed by atoms with Crippen molar-refractivity contribution < 1.29 is 14.3 Å². The maximum atomic E-state index is 12.7. The van der Waals surface area contributed by atoms with Gasteiger partial charge in [0, 0.05) is 35.9 Å². The van der Waals surface area contributed by atoms with Gasteiger partial charge in [-0.15, -0.1) is 0 Å². The zero-order valence-corrected chi connectivity index (χ0v) is 14.8. The van der Waals surface area contributed by atoms with Crippen LogP contribution in [0.1, 0.15) is 22.8 Å². The lowest BCUT2D eigenvalue weighted by molar-refractivity contribution is -0.122. The summed E-state index contributed by atoms with van der Waals surface area (Å²) in [5.41, 5.74) is 3.48. The number of aryl methyl sites for hydroxylation is 1. The number of anilines is 1. The van der Waals surface area contributed by atoms with E-state index in [2.05, 4.69) is 0 Å². The Bertz CT molecular complexity index is 1010. The minimum atomic E-state index is -0.477. The summed E-state index contributed by atoms with van der Waals surface area (Å²) in [5.74, 6) is -0.675. The lowest BCUT2D eigenvalue weighted by Gasteiger charge is -2.22. The van der Waals surface area contributed by atoms with Crippen molar-refractivity contribution in [2.45, 2.75) is 19.4 Å². The molecule has 4 rings (SSSR count). The van der Waals surface area contributed by atoms with Crippen molar-refractivity contribution in [2.75, 3.05) is 11.5 Å². The number of aromatic nitrogens is 1. The molecule has 3 aromatic rings. The molecule has 1 amide bonds. The van der Waals surface area contributed by atoms with Crippen LogP contribution in [0.3, 0.4) is 0 Å². The number of para-hydroxylation sites is 2. The van der Waals surface area contributed by atoms with E-state index in [4.69, 9.17) is 4.74 Å². The van der Waals surface area contributed by atoms with Crippen molar-refractivity contribution in [2.24, 2.45) is 7.05 Å². The van der Waals surface area contributed by atoms with Gasteiger partial charge in [-0.05, 0) is 31.0 Å². The molecule has 0 saturated carbocycles. The lowest BCUT2D eigenvalue weighted by atomic mass is 10.1. The second kappa shape index (κ2) is 6.33. The fourth-order valence-electron chi connectivity index (χ4n) is 3.72. The molecule has 1 aliphatic heterocycles. The average molecular weight is 348 g/mol. The number of ether oxygens (including phenoxy) is 1. The summed E-state index contributed by atoms with van der Waals surface area (Å²) in [6.07, 6.45) is 2.56. The van der Waals surface area contributed by atoms with Gasteiger partial charge in [-0.2, -0.15) is 0 Å². The quantitative estimate of drug-likeness (QED) is 0.683. The summed E-state index contributed by atoms with van der Waals surface area (Å²) in [6.45, 7) is 1.74. The predicted octanol–water partition coefficient (Wildman–Crippen LogP) is 3.31. The molecular formula is C21H20N2O3. The smallest absolute Gasteiger partial charge is 0.340 e. The molecule has 1 aliphatic rings. The molecule has 5 heteroatoms. The molecule has 0 bridgehead atoms. The van der Waals surface area contributed by atoms with E-state index in [0.29, 0.717) is 5.56 Å². The third kappa shape index (κ3) is 2.65. The number of carbonyl (C=O) groups excluding carboxylic acids is 2. The number of hydrogen-bond acceptors (Lipinski definition) is 3. The van der Waals surface area contributed by atoms with E-state index in [1.165, 1.54) is 0 Å². The molecule has 0 N–H and O–H groups in total. The van der Waals surface area contributed by atoms with E-state index in [1.54, 1.807) is 11.1 Å². The van der Waals surface area contributed by atoms with Gasteiger partial charge >= 0.3 is 5.97 Å². The number of nitrogens with zero attached hydrogens (tertiary/aromatic N) is 2. The fraction of sp³-hybridized carbons (Fsp3) is 0.238. The number of fused-ring (bicyclic) bond motifs is 2. The monoisotopic (exact) mass is 348 g/mol. The van der Waals surface area contributed by atoms with Gasteiger partial charge in [0.15, 0.2) is 6.61 Å². The Morgan fingerprint density at radius 2 is 1.85 bits per heavy atom. The van der Waals surface area contributed by atoms with Crippen molar-refractivity contribution in [3.05, 3.63) is 65.9 Å². The highest BCUT2D eigenvalue weighted by atomic mass is 16.5. The second-order valence-corrected chi connectivity index (χ2v) is 6.69. The summed E-state index contributed by atoms with van der Waals surface area (Å²) in [7, 11) is 1.88. The summed E-state index contributed by atoms with van der Waals surface area (Å²) < 4.78 is 7.23. The molecule has 0 saturated heterocycles. The highest BCUT2D eigenvalue weighted by molar-refractivity contribution is 6.05. The van der Waals surface area contributed by atoms with Gasteiger partial charge in [0.05, 0.1) is 5.56 Å². The predicted molar refractivity (Wildman–Crippen MR) is 100 cm³/mol. The van der Waals surface area contributed by atoms with E-state index >= 15 is 0 Å². The average Bonchev–Trinajstić information content (AvgIpc) is 3.16. The van der Waals surface area contributed by atoms with E-state index in [0.717, 1.165) is 28.6 Å². The van der Waals surface area contributed by atoms with Gasteiger partial charge in [-0.1, -0.05) is 36.4 Å². The standard InChI is InChI=1S/C21H20N2O3/c1-14-11-15-7-3-5-9-18(15)23(14)20(24)13-26-21(25)17-12-22(2)19-10-6-4-8-16(17)19/h3-10,12,14H,11,13H2,1-2H3. The van der Waals surface area contributed by atoms with Crippen molar-refractivity contribution in [1.29, 1.82) is 0 Å². The number of carbonyl (C=O) groups is 2. The largest absolute Gasteiger partial charge is 0.452 e. The molecule has 2 aromatic carbocycles. The highest BCUT2D eigenvalue weighted by Crippen LogP contribution is 2.31. The number of rotatable bonds is 3. The van der Waals surface area contributed by atoms with Gasteiger partial charge in [0.25, 0.3) is 5.91 Å². The topological polar surface area (TPSA) is 51.5 Å². The Morgan fingerprint density at radius 3 is 2.69 bits per heavy atom. The third-order valence-corrected chi connectivity index (χ3v) is 4.92. The molecule has 1 aromatic heterocycles. The Balaban J connectivity index is 1.50. The zero-order chi connectivity index (χ0) is 18.3. The normalized spacial score (nSPS) is 15.9. The maximum absolute atomic E-state index is 12.7. The van der Waals surface area contributed by atoms with E-state index in [9.17, 15) is 9.59 Å². The van der Waals surface area contributed by atoms with Gasteiger partial charge in [-0.25, -0.2) is 4.79 Å². The lowest BCUT2D eigenvalue weighted by Crippen LogP contribution is -2.38. The SMILES string of the molecule is CC1Cc2ccccc2N1C(=O)COC(=O)c1cn(C)c2ccccc12. The minimum absolute atomic E-state index is 0.0659. The van der Waals surface area contributed by atoms with Crippen LogP contribution in [-0.4, -0.2) is 29.1 Å². The van der Waals surface area contributed by atoms with E-state index in [-0.39, 0.29) is 18.6 Å². The molecule has 1 atom stereocenters. The molecule has 2 heterocycles. The van der Waals surface area contributed by atoms with Gasteiger partial charge < -0.3 is 14.2 Å². The van der Waals surface area contributed by atoms with Crippen molar-refractivity contribution in [3.63, 3.8) is 0 Å². The van der Waals surface area contributed by atoms with Crippen LogP contribution in [0.15, 0.2) is 54.7 Å². The maximum Gasteiger partial charge on any atom is 0.340 e. The Hall–Kier alpha value is -3.08. The van der Waals surface area contributed by atoms with Crippen LogP contribution >= 0.6 is 0 Å². The Labute approximate surface area is 151 Å². The molecule has 0 fully saturated rings. The number of amides is 1. The minimum Gasteiger partial charge on any atom is -0.452 e. The van der Waals surface area contributed by atoms with Crippen LogP contribution in [0, 0.1) is 0 Å². The van der Waals surface area contributed by atoms with Crippen LogP contribution < -0.4 is 4.90 Å². The van der Waals surface area contributed by atoms with Crippen molar-refractivity contribution >= 4 is 28.5 Å². The fourth-order valence-corrected chi connectivity index (χ4v) is 3.72. The molecule has 5 nitrogen and oxygen atoms in total. The third-order valence-electron chi connectivity index (χ3n) is 4.92. The van der Waals surface area contributed by atoms with Gasteiger partial charge in [0.2, 0.25) is 0 Å². The molecule has 0 radical (unpaired) electrons. The molecular weight excluding hydrogens is 328 g/mol. The summed E-state index contributed by atoms with van der Waals surface area (Å²) in [4.78, 5) is 26.9. The van der Waals surface area contributed by atoms with Crippen LogP contribution in [0.25, 0.3) is 10.9 Å². The summed E-state index contributed by atoms with van der Waals surface area (Å²) in [6, 6.07) is 15.5.